The molecule has 0 aromatic heterocycles. The number of amides is 1. The largest absolute Gasteiger partial charge is 1.00 e. The van der Waals surface area contributed by atoms with E-state index in [1.165, 1.54) is 12.8 Å². The van der Waals surface area contributed by atoms with Gasteiger partial charge in [0.05, 0.1) is 31.9 Å². The fraction of sp³-hybridized carbons (Fsp3) is 0.409. The highest BCUT2D eigenvalue weighted by Gasteiger charge is 2.49. The highest BCUT2D eigenvalue weighted by molar-refractivity contribution is 6.31. The second kappa shape index (κ2) is 8.44. The number of nitrogens with one attached hydrogen (secondary N) is 1. The van der Waals surface area contributed by atoms with Gasteiger partial charge in [0, 0.05) is 36.3 Å². The second-order valence-electron chi connectivity index (χ2n) is 8.19. The maximum Gasteiger partial charge on any atom is 0.411 e. The third-order valence-electron chi connectivity index (χ3n) is 6.36. The van der Waals surface area contributed by atoms with E-state index in [-0.39, 0.29) is 29.2 Å². The predicted molar refractivity (Wildman–Crippen MR) is 109 cm³/mol. The summed E-state index contributed by atoms with van der Waals surface area (Å²) in [4.78, 5) is 12.6. The molecule has 1 N–H and O–H groups in total. The van der Waals surface area contributed by atoms with Crippen LogP contribution in [0.2, 0.25) is 5.02 Å². The van der Waals surface area contributed by atoms with Crippen LogP contribution in [0, 0.1) is 0 Å². The molecular formula is C22H26BrClN2O2. The Morgan fingerprint density at radius 1 is 1.07 bits per heavy atom. The van der Waals surface area contributed by atoms with E-state index in [4.69, 9.17) is 16.3 Å². The fourth-order valence-electron chi connectivity index (χ4n) is 4.70. The van der Waals surface area contributed by atoms with Crippen LogP contribution in [0.3, 0.4) is 0 Å². The number of rotatable bonds is 3. The smallest absolute Gasteiger partial charge is 0.411 e. The quantitative estimate of drug-likeness (QED) is 0.707. The van der Waals surface area contributed by atoms with Crippen molar-refractivity contribution in [2.45, 2.75) is 43.9 Å². The topological polar surface area (TPSA) is 38.3 Å². The van der Waals surface area contributed by atoms with Crippen molar-refractivity contribution in [2.75, 3.05) is 19.4 Å². The number of fused-ring (bicyclic) bond motifs is 2. The Labute approximate surface area is 182 Å². The summed E-state index contributed by atoms with van der Waals surface area (Å²) < 4.78 is 6.86. The zero-order chi connectivity index (χ0) is 19.0. The maximum absolute atomic E-state index is 12.6. The molecule has 28 heavy (non-hydrogen) atoms. The minimum Gasteiger partial charge on any atom is -1.00 e. The summed E-state index contributed by atoms with van der Waals surface area (Å²) in [6, 6.07) is 16.6. The van der Waals surface area contributed by atoms with E-state index in [9.17, 15) is 4.79 Å². The van der Waals surface area contributed by atoms with E-state index >= 15 is 0 Å². The zero-order valence-corrected chi connectivity index (χ0v) is 18.5. The highest BCUT2D eigenvalue weighted by atomic mass is 79.9. The van der Waals surface area contributed by atoms with Crippen LogP contribution in [0.5, 0.6) is 0 Å². The summed E-state index contributed by atoms with van der Waals surface area (Å²) in [5, 5.41) is 3.57. The molecule has 6 heteroatoms. The van der Waals surface area contributed by atoms with Gasteiger partial charge in [-0.1, -0.05) is 41.9 Å². The Kier molecular flexibility index (Phi) is 6.37. The van der Waals surface area contributed by atoms with Crippen LogP contribution in [0.25, 0.3) is 11.1 Å². The normalized spacial score (nSPS) is 24.9. The van der Waals surface area contributed by atoms with Gasteiger partial charge in [0.1, 0.15) is 6.10 Å². The maximum atomic E-state index is 12.6. The van der Waals surface area contributed by atoms with Gasteiger partial charge in [0.15, 0.2) is 0 Å². The van der Waals surface area contributed by atoms with E-state index in [1.807, 2.05) is 42.5 Å². The van der Waals surface area contributed by atoms with Gasteiger partial charge in [0.2, 0.25) is 0 Å². The van der Waals surface area contributed by atoms with Crippen LogP contribution in [0.4, 0.5) is 10.5 Å². The highest BCUT2D eigenvalue weighted by Crippen LogP contribution is 2.40. The van der Waals surface area contributed by atoms with Crippen LogP contribution in [-0.2, 0) is 4.74 Å². The Bertz CT molecular complexity index is 828. The lowest BCUT2D eigenvalue weighted by Gasteiger charge is -2.43. The van der Waals surface area contributed by atoms with Gasteiger partial charge in [0.25, 0.3) is 0 Å². The molecule has 2 saturated heterocycles. The molecule has 2 bridgehead atoms. The summed E-state index contributed by atoms with van der Waals surface area (Å²) in [7, 11) is 4.61. The lowest BCUT2D eigenvalue weighted by Crippen LogP contribution is -3.00. The lowest BCUT2D eigenvalue weighted by atomic mass is 9.98. The molecule has 2 aliphatic rings. The van der Waals surface area contributed by atoms with Crippen molar-refractivity contribution >= 4 is 23.4 Å². The molecule has 1 amide bonds. The minimum absolute atomic E-state index is 0. The third kappa shape index (κ3) is 4.22. The third-order valence-corrected chi connectivity index (χ3v) is 6.60. The van der Waals surface area contributed by atoms with Crippen molar-refractivity contribution in [3.63, 3.8) is 0 Å². The average molecular weight is 466 g/mol. The molecule has 2 aromatic carbocycles. The molecule has 0 unspecified atom stereocenters. The zero-order valence-electron chi connectivity index (χ0n) is 16.2. The summed E-state index contributed by atoms with van der Waals surface area (Å²) >= 11 is 6.18. The Morgan fingerprint density at radius 3 is 2.36 bits per heavy atom. The molecule has 2 fully saturated rings. The van der Waals surface area contributed by atoms with Crippen molar-refractivity contribution in [1.29, 1.82) is 0 Å². The first-order valence-corrected chi connectivity index (χ1v) is 9.97. The SMILES string of the molecule is C[N+]1(C)[C@@H]2CC[C@H]1C[C@@H](OC(=O)Nc1ccc(Cl)cc1-c1ccccc1)C2.[Br-]. The molecule has 4 rings (SSSR count). The predicted octanol–water partition coefficient (Wildman–Crippen LogP) is 2.33. The summed E-state index contributed by atoms with van der Waals surface area (Å²) in [6.07, 6.45) is 3.97. The second-order valence-corrected chi connectivity index (χ2v) is 8.63. The number of benzene rings is 2. The average Bonchev–Trinajstić information content (AvgIpc) is 2.81. The molecule has 150 valence electrons. The van der Waals surface area contributed by atoms with Gasteiger partial charge in [-0.05, 0) is 23.8 Å². The number of hydrogen-bond acceptors (Lipinski definition) is 2. The van der Waals surface area contributed by atoms with Crippen molar-refractivity contribution in [1.82, 2.24) is 0 Å². The number of carbonyl (C=O) groups is 1. The van der Waals surface area contributed by atoms with Crippen LogP contribution < -0.4 is 22.3 Å². The molecule has 2 aliphatic heterocycles. The number of carbonyl (C=O) groups excluding carboxylic acids is 1. The Morgan fingerprint density at radius 2 is 1.71 bits per heavy atom. The van der Waals surface area contributed by atoms with Crippen LogP contribution >= 0.6 is 11.6 Å². The minimum atomic E-state index is -0.383. The molecular weight excluding hydrogens is 440 g/mol. The van der Waals surface area contributed by atoms with E-state index in [1.54, 1.807) is 6.07 Å². The van der Waals surface area contributed by atoms with Gasteiger partial charge in [-0.2, -0.15) is 0 Å². The van der Waals surface area contributed by atoms with Gasteiger partial charge in [-0.15, -0.1) is 0 Å². The lowest BCUT2D eigenvalue weighted by molar-refractivity contribution is -0.931. The number of nitrogens with zero attached hydrogens (tertiary/aromatic N) is 1. The van der Waals surface area contributed by atoms with Gasteiger partial charge >= 0.3 is 6.09 Å². The molecule has 0 radical (unpaired) electrons. The first-order chi connectivity index (χ1) is 12.9. The van der Waals surface area contributed by atoms with Crippen molar-refractivity contribution in [2.24, 2.45) is 0 Å². The number of anilines is 1. The number of quaternary nitrogens is 1. The molecule has 4 nitrogen and oxygen atoms in total. The van der Waals surface area contributed by atoms with Gasteiger partial charge in [-0.25, -0.2) is 4.79 Å². The summed E-state index contributed by atoms with van der Waals surface area (Å²) in [5.74, 6) is 0. The van der Waals surface area contributed by atoms with Crippen LogP contribution in [-0.4, -0.2) is 42.9 Å². The monoisotopic (exact) mass is 464 g/mol. The standard InChI is InChI=1S/C22H25ClN2O2.BrH/c1-25(2)17-9-10-18(25)14-19(13-17)27-22(26)24-21-11-8-16(23)12-20(21)15-6-4-3-5-7-15;/h3-8,11-12,17-19H,9-10,13-14H2,1-2H3;1H/t17-,18+,19+;. The van der Waals surface area contributed by atoms with E-state index < -0.39 is 0 Å². The van der Waals surface area contributed by atoms with E-state index in [2.05, 4.69) is 19.4 Å². The Hall–Kier alpha value is -1.56. The van der Waals surface area contributed by atoms with Crippen LogP contribution in [0.15, 0.2) is 48.5 Å². The first-order valence-electron chi connectivity index (χ1n) is 9.59. The van der Waals surface area contributed by atoms with Crippen molar-refractivity contribution in [3.05, 3.63) is 53.6 Å². The molecule has 0 spiro atoms. The molecule has 2 aromatic rings. The number of ether oxygens (including phenoxy) is 1. The molecule has 3 atom stereocenters. The van der Waals surface area contributed by atoms with Gasteiger partial charge < -0.3 is 26.2 Å². The molecule has 0 saturated carbocycles. The number of piperidine rings is 1. The summed E-state index contributed by atoms with van der Waals surface area (Å²) in [6.45, 7) is 0. The van der Waals surface area contributed by atoms with Crippen LogP contribution in [0.1, 0.15) is 25.7 Å². The molecule has 2 heterocycles. The molecule has 0 aliphatic carbocycles. The first kappa shape index (κ1) is 21.2. The van der Waals surface area contributed by atoms with E-state index in [0.29, 0.717) is 22.8 Å². The van der Waals surface area contributed by atoms with Crippen molar-refractivity contribution in [3.8, 4) is 11.1 Å². The fourth-order valence-corrected chi connectivity index (χ4v) is 4.87. The number of hydrogen-bond donors (Lipinski definition) is 1. The van der Waals surface area contributed by atoms with Gasteiger partial charge in [-0.3, -0.25) is 5.32 Å². The summed E-state index contributed by atoms with van der Waals surface area (Å²) in [5.41, 5.74) is 2.61. The van der Waals surface area contributed by atoms with Crippen molar-refractivity contribution < 1.29 is 31.0 Å². The van der Waals surface area contributed by atoms with E-state index in [0.717, 1.165) is 28.5 Å². The number of halogens is 2. The Balaban J connectivity index is 0.00000225.